The maximum Gasteiger partial charge on any atom is 0.126 e. The van der Waals surface area contributed by atoms with Crippen LogP contribution in [-0.4, -0.2) is 19.1 Å². The predicted octanol–water partition coefficient (Wildman–Crippen LogP) is 1.37. The van der Waals surface area contributed by atoms with Gasteiger partial charge in [0.05, 0.1) is 0 Å². The fourth-order valence-electron chi connectivity index (χ4n) is 2.02. The normalized spacial score (nSPS) is 26.6. The van der Waals surface area contributed by atoms with Gasteiger partial charge in [-0.15, -0.1) is 0 Å². The van der Waals surface area contributed by atoms with Crippen LogP contribution >= 0.6 is 0 Å². The fraction of sp³-hybridized carbons (Fsp3) is 0.455. The molecule has 0 saturated carbocycles. The summed E-state index contributed by atoms with van der Waals surface area (Å²) in [5, 5.41) is 3.14. The zero-order valence-corrected chi connectivity index (χ0v) is 8.34. The van der Waals surface area contributed by atoms with Crippen LogP contribution in [0.25, 0.3) is 0 Å². The van der Waals surface area contributed by atoms with Gasteiger partial charge in [-0.1, -0.05) is 0 Å². The van der Waals surface area contributed by atoms with Crippen LogP contribution in [0, 0.1) is 11.6 Å². The first kappa shape index (κ1) is 10.5. The Morgan fingerprint density at radius 1 is 1.33 bits per heavy atom. The lowest BCUT2D eigenvalue weighted by Gasteiger charge is -2.29. The first-order valence-electron chi connectivity index (χ1n) is 5.09. The Balaban J connectivity index is 2.30. The van der Waals surface area contributed by atoms with Gasteiger partial charge in [-0.3, -0.25) is 0 Å². The standard InChI is InChI=1S/C11H14F2N2/c12-7-1-2-10(13)8(5-7)9-6-15-4-3-11(9)14/h1-2,5,9,11,15H,3-4,6,14H2. The molecule has 2 nitrogen and oxygen atoms in total. The first-order valence-corrected chi connectivity index (χ1v) is 5.09. The molecule has 4 heteroatoms. The number of nitrogens with two attached hydrogens (primary N) is 1. The molecule has 2 rings (SSSR count). The molecule has 1 aliphatic heterocycles. The molecule has 1 fully saturated rings. The summed E-state index contributed by atoms with van der Waals surface area (Å²) in [7, 11) is 0. The number of piperidine rings is 1. The zero-order valence-electron chi connectivity index (χ0n) is 8.34. The van der Waals surface area contributed by atoms with Crippen molar-refractivity contribution in [1.82, 2.24) is 5.32 Å². The van der Waals surface area contributed by atoms with Gasteiger partial charge in [-0.2, -0.15) is 0 Å². The van der Waals surface area contributed by atoms with Gasteiger partial charge in [-0.05, 0) is 36.7 Å². The second-order valence-electron chi connectivity index (χ2n) is 3.93. The molecule has 1 heterocycles. The van der Waals surface area contributed by atoms with Gasteiger partial charge in [0.2, 0.25) is 0 Å². The Hall–Kier alpha value is -1.00. The summed E-state index contributed by atoms with van der Waals surface area (Å²) in [6.45, 7) is 1.45. The summed E-state index contributed by atoms with van der Waals surface area (Å²) < 4.78 is 26.5. The molecule has 1 aliphatic rings. The lowest BCUT2D eigenvalue weighted by Crippen LogP contribution is -2.43. The monoisotopic (exact) mass is 212 g/mol. The molecule has 0 aromatic heterocycles. The Kier molecular flexibility index (Phi) is 2.98. The molecule has 0 spiro atoms. The van der Waals surface area contributed by atoms with E-state index in [1.165, 1.54) is 6.07 Å². The Morgan fingerprint density at radius 3 is 2.87 bits per heavy atom. The molecule has 0 amide bonds. The molecule has 0 aliphatic carbocycles. The maximum absolute atomic E-state index is 13.5. The largest absolute Gasteiger partial charge is 0.327 e. The molecule has 82 valence electrons. The number of benzene rings is 1. The van der Waals surface area contributed by atoms with E-state index in [9.17, 15) is 8.78 Å². The van der Waals surface area contributed by atoms with Gasteiger partial charge >= 0.3 is 0 Å². The molecule has 1 aromatic carbocycles. The maximum atomic E-state index is 13.5. The second kappa shape index (κ2) is 4.24. The summed E-state index contributed by atoms with van der Waals surface area (Å²) in [5.41, 5.74) is 6.28. The van der Waals surface area contributed by atoms with E-state index in [2.05, 4.69) is 5.32 Å². The van der Waals surface area contributed by atoms with Crippen molar-refractivity contribution in [3.8, 4) is 0 Å². The average Bonchev–Trinajstić information content (AvgIpc) is 2.23. The van der Waals surface area contributed by atoms with Crippen molar-refractivity contribution in [3.63, 3.8) is 0 Å². The molecule has 2 atom stereocenters. The molecule has 1 saturated heterocycles. The number of rotatable bonds is 1. The van der Waals surface area contributed by atoms with Crippen LogP contribution in [-0.2, 0) is 0 Å². The smallest absolute Gasteiger partial charge is 0.126 e. The van der Waals surface area contributed by atoms with E-state index in [1.807, 2.05) is 0 Å². The summed E-state index contributed by atoms with van der Waals surface area (Å²) in [4.78, 5) is 0. The highest BCUT2D eigenvalue weighted by molar-refractivity contribution is 5.25. The predicted molar refractivity (Wildman–Crippen MR) is 54.6 cm³/mol. The highest BCUT2D eigenvalue weighted by Crippen LogP contribution is 2.25. The van der Waals surface area contributed by atoms with E-state index < -0.39 is 5.82 Å². The molecule has 3 N–H and O–H groups in total. The Bertz CT molecular complexity index is 354. The van der Waals surface area contributed by atoms with E-state index in [0.29, 0.717) is 12.1 Å². The lowest BCUT2D eigenvalue weighted by molar-refractivity contribution is 0.391. The quantitative estimate of drug-likeness (QED) is 0.737. The molecule has 0 bridgehead atoms. The summed E-state index contributed by atoms with van der Waals surface area (Å²) >= 11 is 0. The second-order valence-corrected chi connectivity index (χ2v) is 3.93. The lowest BCUT2D eigenvalue weighted by atomic mass is 9.87. The minimum absolute atomic E-state index is 0.0949. The van der Waals surface area contributed by atoms with Crippen LogP contribution in [0.1, 0.15) is 17.9 Å². The van der Waals surface area contributed by atoms with E-state index in [0.717, 1.165) is 25.1 Å². The van der Waals surface area contributed by atoms with Crippen LogP contribution in [0.3, 0.4) is 0 Å². The van der Waals surface area contributed by atoms with Crippen molar-refractivity contribution < 1.29 is 8.78 Å². The van der Waals surface area contributed by atoms with E-state index in [4.69, 9.17) is 5.73 Å². The third-order valence-corrected chi connectivity index (χ3v) is 2.89. The number of hydrogen-bond acceptors (Lipinski definition) is 2. The summed E-state index contributed by atoms with van der Waals surface area (Å²) in [6.07, 6.45) is 0.792. The van der Waals surface area contributed by atoms with Crippen LogP contribution in [0.4, 0.5) is 8.78 Å². The van der Waals surface area contributed by atoms with Gasteiger partial charge < -0.3 is 11.1 Å². The third kappa shape index (κ3) is 2.16. The van der Waals surface area contributed by atoms with Crippen molar-refractivity contribution in [2.75, 3.05) is 13.1 Å². The summed E-state index contributed by atoms with van der Waals surface area (Å²) in [6, 6.07) is 3.43. The average molecular weight is 212 g/mol. The van der Waals surface area contributed by atoms with Gasteiger partial charge in [0, 0.05) is 18.5 Å². The van der Waals surface area contributed by atoms with Crippen LogP contribution in [0.2, 0.25) is 0 Å². The molecule has 0 radical (unpaired) electrons. The highest BCUT2D eigenvalue weighted by atomic mass is 19.1. The first-order chi connectivity index (χ1) is 7.18. The fourth-order valence-corrected chi connectivity index (χ4v) is 2.02. The number of halogens is 2. The van der Waals surface area contributed by atoms with Gasteiger partial charge in [0.25, 0.3) is 0 Å². The van der Waals surface area contributed by atoms with Crippen molar-refractivity contribution in [1.29, 1.82) is 0 Å². The molecule has 2 unspecified atom stereocenters. The topological polar surface area (TPSA) is 38.0 Å². The molecular weight excluding hydrogens is 198 g/mol. The van der Waals surface area contributed by atoms with Gasteiger partial charge in [0.1, 0.15) is 11.6 Å². The number of hydrogen-bond donors (Lipinski definition) is 2. The third-order valence-electron chi connectivity index (χ3n) is 2.89. The van der Waals surface area contributed by atoms with Crippen LogP contribution < -0.4 is 11.1 Å². The zero-order chi connectivity index (χ0) is 10.8. The minimum atomic E-state index is -0.413. The number of nitrogens with one attached hydrogen (secondary N) is 1. The minimum Gasteiger partial charge on any atom is -0.327 e. The van der Waals surface area contributed by atoms with E-state index in [-0.39, 0.29) is 17.8 Å². The van der Waals surface area contributed by atoms with Crippen molar-refractivity contribution >= 4 is 0 Å². The van der Waals surface area contributed by atoms with Crippen LogP contribution in [0.15, 0.2) is 18.2 Å². The SMILES string of the molecule is NC1CCNCC1c1cc(F)ccc1F. The molecule has 1 aromatic rings. The molecule has 15 heavy (non-hydrogen) atoms. The highest BCUT2D eigenvalue weighted by Gasteiger charge is 2.25. The van der Waals surface area contributed by atoms with E-state index >= 15 is 0 Å². The van der Waals surface area contributed by atoms with E-state index in [1.54, 1.807) is 0 Å². The van der Waals surface area contributed by atoms with Crippen molar-refractivity contribution in [2.45, 2.75) is 18.4 Å². The Morgan fingerprint density at radius 2 is 2.13 bits per heavy atom. The van der Waals surface area contributed by atoms with Crippen LogP contribution in [0.5, 0.6) is 0 Å². The van der Waals surface area contributed by atoms with Crippen molar-refractivity contribution in [2.24, 2.45) is 5.73 Å². The van der Waals surface area contributed by atoms with Crippen molar-refractivity contribution in [3.05, 3.63) is 35.4 Å². The molecular formula is C11H14F2N2. The Labute approximate surface area is 87.5 Å². The van der Waals surface area contributed by atoms with Gasteiger partial charge in [0.15, 0.2) is 0 Å². The van der Waals surface area contributed by atoms with Gasteiger partial charge in [-0.25, -0.2) is 8.78 Å². The summed E-state index contributed by atoms with van der Waals surface area (Å²) in [5.74, 6) is -0.917.